The summed E-state index contributed by atoms with van der Waals surface area (Å²) in [7, 11) is 1.54. The van der Waals surface area contributed by atoms with Gasteiger partial charge in [0.2, 0.25) is 0 Å². The van der Waals surface area contributed by atoms with Crippen molar-refractivity contribution >= 4 is 34.8 Å². The SMILES string of the molecule is COc1cc(C=O)cc(Br)c1S. The second kappa shape index (κ2) is 3.96. The summed E-state index contributed by atoms with van der Waals surface area (Å²) in [6.45, 7) is 0. The first kappa shape index (κ1) is 9.61. The van der Waals surface area contributed by atoms with Gasteiger partial charge in [0.25, 0.3) is 0 Å². The average Bonchev–Trinajstić information content (AvgIpc) is 2.09. The van der Waals surface area contributed by atoms with Crippen molar-refractivity contribution in [1.82, 2.24) is 0 Å². The lowest BCUT2D eigenvalue weighted by Crippen LogP contribution is -1.88. The van der Waals surface area contributed by atoms with Crippen LogP contribution in [0.15, 0.2) is 21.5 Å². The Balaban J connectivity index is 3.28. The molecule has 64 valence electrons. The van der Waals surface area contributed by atoms with E-state index in [2.05, 4.69) is 28.6 Å². The van der Waals surface area contributed by atoms with Crippen LogP contribution in [-0.4, -0.2) is 13.4 Å². The standard InChI is InChI=1S/C8H7BrO2S/c1-11-7-3-5(4-10)2-6(9)8(7)12/h2-4,12H,1H3. The minimum atomic E-state index is 0.566. The van der Waals surface area contributed by atoms with Crippen molar-refractivity contribution in [2.24, 2.45) is 0 Å². The molecular weight excluding hydrogens is 240 g/mol. The molecule has 1 aromatic rings. The molecule has 0 fully saturated rings. The van der Waals surface area contributed by atoms with Crippen LogP contribution in [0, 0.1) is 0 Å². The molecular formula is C8H7BrO2S. The Labute approximate surface area is 84.5 Å². The summed E-state index contributed by atoms with van der Waals surface area (Å²) in [6.07, 6.45) is 0.764. The number of hydrogen-bond donors (Lipinski definition) is 1. The van der Waals surface area contributed by atoms with Crippen molar-refractivity contribution in [3.05, 3.63) is 22.2 Å². The predicted molar refractivity (Wildman–Crippen MR) is 53.3 cm³/mol. The molecule has 0 N–H and O–H groups in total. The summed E-state index contributed by atoms with van der Waals surface area (Å²) in [5, 5.41) is 0. The van der Waals surface area contributed by atoms with Crippen molar-refractivity contribution in [3.8, 4) is 5.75 Å². The minimum Gasteiger partial charge on any atom is -0.496 e. The Morgan fingerprint density at radius 3 is 2.75 bits per heavy atom. The van der Waals surface area contributed by atoms with Crippen molar-refractivity contribution < 1.29 is 9.53 Å². The van der Waals surface area contributed by atoms with E-state index in [9.17, 15) is 4.79 Å². The number of ether oxygens (including phenoxy) is 1. The molecule has 0 unspecified atom stereocenters. The largest absolute Gasteiger partial charge is 0.496 e. The van der Waals surface area contributed by atoms with Crippen LogP contribution >= 0.6 is 28.6 Å². The first-order chi connectivity index (χ1) is 5.69. The lowest BCUT2D eigenvalue weighted by Gasteiger charge is -2.05. The molecule has 0 saturated carbocycles. The van der Waals surface area contributed by atoms with Crippen molar-refractivity contribution in [2.45, 2.75) is 4.90 Å². The molecule has 2 nitrogen and oxygen atoms in total. The normalized spacial score (nSPS) is 9.58. The molecule has 4 heteroatoms. The van der Waals surface area contributed by atoms with Crippen LogP contribution in [0.4, 0.5) is 0 Å². The van der Waals surface area contributed by atoms with E-state index < -0.39 is 0 Å². The van der Waals surface area contributed by atoms with Crippen LogP contribution in [-0.2, 0) is 0 Å². The molecule has 12 heavy (non-hydrogen) atoms. The van der Waals surface area contributed by atoms with Crippen molar-refractivity contribution in [1.29, 1.82) is 0 Å². The first-order valence-corrected chi connectivity index (χ1v) is 4.44. The van der Waals surface area contributed by atoms with E-state index >= 15 is 0 Å². The number of carbonyl (C=O) groups excluding carboxylic acids is 1. The molecule has 0 aliphatic heterocycles. The fourth-order valence-corrected chi connectivity index (χ4v) is 1.50. The second-order valence-electron chi connectivity index (χ2n) is 2.17. The number of benzene rings is 1. The van der Waals surface area contributed by atoms with E-state index in [4.69, 9.17) is 4.74 Å². The second-order valence-corrected chi connectivity index (χ2v) is 3.47. The summed E-state index contributed by atoms with van der Waals surface area (Å²) in [6, 6.07) is 3.33. The van der Waals surface area contributed by atoms with Crippen LogP contribution in [0.1, 0.15) is 10.4 Å². The fraction of sp³-hybridized carbons (Fsp3) is 0.125. The van der Waals surface area contributed by atoms with Gasteiger partial charge in [0.1, 0.15) is 12.0 Å². The molecule has 0 spiro atoms. The Bertz CT molecular complexity index is 312. The zero-order valence-corrected chi connectivity index (χ0v) is 8.85. The maximum atomic E-state index is 10.4. The highest BCUT2D eigenvalue weighted by atomic mass is 79.9. The monoisotopic (exact) mass is 246 g/mol. The Kier molecular flexibility index (Phi) is 3.17. The van der Waals surface area contributed by atoms with Crippen LogP contribution in [0.3, 0.4) is 0 Å². The summed E-state index contributed by atoms with van der Waals surface area (Å²) in [5.41, 5.74) is 0.566. The number of aldehydes is 1. The Morgan fingerprint density at radius 2 is 2.25 bits per heavy atom. The van der Waals surface area contributed by atoms with Gasteiger partial charge >= 0.3 is 0 Å². The van der Waals surface area contributed by atoms with Gasteiger partial charge in [0.05, 0.1) is 12.0 Å². The van der Waals surface area contributed by atoms with E-state index in [1.165, 1.54) is 7.11 Å². The smallest absolute Gasteiger partial charge is 0.150 e. The van der Waals surface area contributed by atoms with E-state index in [0.717, 1.165) is 10.8 Å². The molecule has 0 aliphatic rings. The van der Waals surface area contributed by atoms with E-state index in [1.807, 2.05) is 0 Å². The van der Waals surface area contributed by atoms with Crippen LogP contribution in [0.25, 0.3) is 0 Å². The molecule has 0 saturated heterocycles. The maximum absolute atomic E-state index is 10.4. The minimum absolute atomic E-state index is 0.566. The molecule has 0 amide bonds. The molecule has 0 radical (unpaired) electrons. The molecule has 0 aliphatic carbocycles. The summed E-state index contributed by atoms with van der Waals surface area (Å²) in [5.74, 6) is 0.592. The summed E-state index contributed by atoms with van der Waals surface area (Å²) >= 11 is 7.45. The number of hydrogen-bond acceptors (Lipinski definition) is 3. The number of thiol groups is 1. The summed E-state index contributed by atoms with van der Waals surface area (Å²) in [4.78, 5) is 11.1. The molecule has 0 heterocycles. The van der Waals surface area contributed by atoms with E-state index in [0.29, 0.717) is 16.2 Å². The first-order valence-electron chi connectivity index (χ1n) is 3.20. The Hall–Kier alpha value is -0.480. The molecule has 0 atom stereocenters. The van der Waals surface area contributed by atoms with Gasteiger partial charge in [-0.2, -0.15) is 0 Å². The number of halogens is 1. The lowest BCUT2D eigenvalue weighted by atomic mass is 10.2. The van der Waals surface area contributed by atoms with Gasteiger partial charge in [-0.3, -0.25) is 4.79 Å². The highest BCUT2D eigenvalue weighted by molar-refractivity contribution is 9.10. The van der Waals surface area contributed by atoms with Gasteiger partial charge in [-0.25, -0.2) is 0 Å². The van der Waals surface area contributed by atoms with Gasteiger partial charge in [0.15, 0.2) is 0 Å². The zero-order valence-electron chi connectivity index (χ0n) is 6.37. The van der Waals surface area contributed by atoms with Gasteiger partial charge in [-0.05, 0) is 28.1 Å². The van der Waals surface area contributed by atoms with Crippen LogP contribution < -0.4 is 4.74 Å². The molecule has 0 aromatic heterocycles. The molecule has 1 rings (SSSR count). The van der Waals surface area contributed by atoms with Gasteiger partial charge in [-0.15, -0.1) is 12.6 Å². The average molecular weight is 247 g/mol. The fourth-order valence-electron chi connectivity index (χ4n) is 0.817. The third-order valence-electron chi connectivity index (χ3n) is 1.41. The predicted octanol–water partition coefficient (Wildman–Crippen LogP) is 2.56. The van der Waals surface area contributed by atoms with Crippen LogP contribution in [0.2, 0.25) is 0 Å². The van der Waals surface area contributed by atoms with Gasteiger partial charge in [0, 0.05) is 10.0 Å². The van der Waals surface area contributed by atoms with Gasteiger partial charge in [-0.1, -0.05) is 0 Å². The number of methoxy groups -OCH3 is 1. The lowest BCUT2D eigenvalue weighted by molar-refractivity contribution is 0.112. The maximum Gasteiger partial charge on any atom is 0.150 e. The Morgan fingerprint density at radius 1 is 1.58 bits per heavy atom. The highest BCUT2D eigenvalue weighted by Gasteiger charge is 2.05. The van der Waals surface area contributed by atoms with Gasteiger partial charge < -0.3 is 4.74 Å². The van der Waals surface area contributed by atoms with Crippen molar-refractivity contribution in [2.75, 3.05) is 7.11 Å². The third-order valence-corrected chi connectivity index (χ3v) is 2.80. The quantitative estimate of drug-likeness (QED) is 0.642. The molecule has 0 bridgehead atoms. The topological polar surface area (TPSA) is 26.3 Å². The van der Waals surface area contributed by atoms with Crippen LogP contribution in [0.5, 0.6) is 5.75 Å². The molecule has 1 aromatic carbocycles. The van der Waals surface area contributed by atoms with E-state index in [1.54, 1.807) is 12.1 Å². The highest BCUT2D eigenvalue weighted by Crippen LogP contribution is 2.31. The zero-order chi connectivity index (χ0) is 9.14. The number of rotatable bonds is 2. The van der Waals surface area contributed by atoms with E-state index in [-0.39, 0.29) is 0 Å². The number of carbonyl (C=O) groups is 1. The third kappa shape index (κ3) is 1.81. The van der Waals surface area contributed by atoms with Crippen molar-refractivity contribution in [3.63, 3.8) is 0 Å². The summed E-state index contributed by atoms with van der Waals surface area (Å²) < 4.78 is 5.76.